The quantitative estimate of drug-likeness (QED) is 0.101. The van der Waals surface area contributed by atoms with Crippen LogP contribution in [0.2, 0.25) is 0 Å². The number of sulfone groups is 2. The van der Waals surface area contributed by atoms with Gasteiger partial charge in [0.25, 0.3) is 0 Å². The van der Waals surface area contributed by atoms with Crippen LogP contribution in [0.4, 0.5) is 11.4 Å². The van der Waals surface area contributed by atoms with E-state index in [1.54, 1.807) is 72.8 Å². The molecule has 0 radical (unpaired) electrons. The van der Waals surface area contributed by atoms with Gasteiger partial charge < -0.3 is 30.4 Å². The molecule has 0 aliphatic heterocycles. The van der Waals surface area contributed by atoms with E-state index in [1.807, 2.05) is 48.5 Å². The lowest BCUT2D eigenvalue weighted by Crippen LogP contribution is -2.18. The van der Waals surface area contributed by atoms with Crippen LogP contribution in [0.15, 0.2) is 214 Å². The van der Waals surface area contributed by atoms with Gasteiger partial charge in [0.1, 0.15) is 46.0 Å². The molecule has 0 heterocycles. The van der Waals surface area contributed by atoms with E-state index in [1.165, 1.54) is 60.7 Å². The predicted molar refractivity (Wildman–Crippen MR) is 244 cm³/mol. The maximum atomic E-state index is 13.5. The first-order valence-corrected chi connectivity index (χ1v) is 22.7. The van der Waals surface area contributed by atoms with E-state index in [0.29, 0.717) is 51.6 Å². The summed E-state index contributed by atoms with van der Waals surface area (Å²) in [6, 6.07) is 54.3. The summed E-state index contributed by atoms with van der Waals surface area (Å²) in [5.41, 5.74) is 14.7. The van der Waals surface area contributed by atoms with Gasteiger partial charge in [0.05, 0.1) is 19.6 Å². The van der Waals surface area contributed by atoms with E-state index < -0.39 is 19.7 Å². The highest BCUT2D eigenvalue weighted by Gasteiger charge is 2.24. The molecule has 0 atom stereocenters. The molecule has 316 valence electrons. The minimum atomic E-state index is -3.86. The molecule has 0 amide bonds. The van der Waals surface area contributed by atoms with Gasteiger partial charge in [0.2, 0.25) is 19.7 Å². The Bertz CT molecular complexity index is 3050. The average Bonchev–Trinajstić information content (AvgIpc) is 3.29. The molecular weight excluding hydrogens is 833 g/mol. The topological polar surface area (TPSA) is 157 Å². The van der Waals surface area contributed by atoms with E-state index in [9.17, 15) is 16.8 Å². The Kier molecular flexibility index (Phi) is 11.7. The minimum absolute atomic E-state index is 0.0806. The first kappa shape index (κ1) is 42.2. The zero-order valence-corrected chi connectivity index (χ0v) is 35.8. The second-order valence-electron chi connectivity index (χ2n) is 15.1. The van der Waals surface area contributed by atoms with Crippen molar-refractivity contribution < 1.29 is 35.8 Å². The molecule has 8 aromatic rings. The fourth-order valence-electron chi connectivity index (χ4n) is 6.68. The molecule has 0 bridgehead atoms. The lowest BCUT2D eigenvalue weighted by molar-refractivity contribution is 0.480. The van der Waals surface area contributed by atoms with Gasteiger partial charge in [-0.15, -0.1) is 0 Å². The van der Waals surface area contributed by atoms with Gasteiger partial charge in [0, 0.05) is 16.8 Å². The van der Waals surface area contributed by atoms with Gasteiger partial charge in [-0.2, -0.15) is 0 Å². The average molecular weight is 875 g/mol. The summed E-state index contributed by atoms with van der Waals surface area (Å²) >= 11 is 0. The maximum absolute atomic E-state index is 13.5. The minimum Gasteiger partial charge on any atom is -0.457 e. The second kappa shape index (κ2) is 17.4. The smallest absolute Gasteiger partial charge is 0.206 e. The molecular formula is C51H42N2O8S2. The van der Waals surface area contributed by atoms with Crippen molar-refractivity contribution >= 4 is 31.0 Å². The third kappa shape index (κ3) is 9.68. The fourth-order valence-corrected chi connectivity index (χ4v) is 9.20. The standard InChI is InChI=1S/C51H42N2O8S2/c1-51(2,35-3-11-39(12-4-35)58-41-15-7-37(52)8-16-41)36-5-13-40(14-6-36)59-43-19-27-47(28-20-43)62(54,55)49-31-23-45(24-32-49)61-46-25-33-50(34-26-46)63(56,57)48-29-21-44(22-30-48)60-42-17-9-38(53)10-18-42/h3-34H,52-53H2,1-2H3. The largest absolute Gasteiger partial charge is 0.457 e. The summed E-state index contributed by atoms with van der Waals surface area (Å²) in [6.45, 7) is 4.30. The van der Waals surface area contributed by atoms with Crippen LogP contribution in [-0.4, -0.2) is 16.8 Å². The molecule has 4 N–H and O–H groups in total. The van der Waals surface area contributed by atoms with Gasteiger partial charge in [-0.05, 0) is 181 Å². The first-order chi connectivity index (χ1) is 30.2. The van der Waals surface area contributed by atoms with Crippen molar-refractivity contribution in [1.29, 1.82) is 0 Å². The number of anilines is 2. The fraction of sp³-hybridized carbons (Fsp3) is 0.0588. The molecule has 0 spiro atoms. The third-order valence-corrected chi connectivity index (χ3v) is 14.0. The van der Waals surface area contributed by atoms with Crippen LogP contribution < -0.4 is 30.4 Å². The molecule has 0 aliphatic carbocycles. The number of benzene rings is 8. The molecule has 10 nitrogen and oxygen atoms in total. The van der Waals surface area contributed by atoms with Gasteiger partial charge in [-0.3, -0.25) is 0 Å². The van der Waals surface area contributed by atoms with Crippen LogP contribution >= 0.6 is 0 Å². The summed E-state index contributed by atoms with van der Waals surface area (Å²) < 4.78 is 77.4. The van der Waals surface area contributed by atoms with Crippen LogP contribution in [0.3, 0.4) is 0 Å². The molecule has 12 heteroatoms. The summed E-state index contributed by atoms with van der Waals surface area (Å²) in [7, 11) is -7.68. The Morgan fingerprint density at radius 3 is 0.683 bits per heavy atom. The number of nitrogen functional groups attached to an aromatic ring is 2. The van der Waals surface area contributed by atoms with Crippen LogP contribution in [-0.2, 0) is 25.1 Å². The highest BCUT2D eigenvalue weighted by molar-refractivity contribution is 7.91. The van der Waals surface area contributed by atoms with Crippen molar-refractivity contribution in [1.82, 2.24) is 0 Å². The molecule has 0 aromatic heterocycles. The Hall–Kier alpha value is -7.54. The zero-order chi connectivity index (χ0) is 44.2. The number of hydrogen-bond donors (Lipinski definition) is 2. The normalized spacial score (nSPS) is 11.7. The predicted octanol–water partition coefficient (Wildman–Crippen LogP) is 12.0. The number of ether oxygens (including phenoxy) is 4. The highest BCUT2D eigenvalue weighted by atomic mass is 32.2. The van der Waals surface area contributed by atoms with E-state index >= 15 is 0 Å². The van der Waals surface area contributed by atoms with Crippen LogP contribution in [0.1, 0.15) is 25.0 Å². The SMILES string of the molecule is CC(C)(c1ccc(Oc2ccc(N)cc2)cc1)c1ccc(Oc2ccc(S(=O)(=O)c3ccc(Oc4ccc(S(=O)(=O)c5ccc(Oc6ccc(N)cc6)cc5)cc4)cc3)cc2)cc1. The van der Waals surface area contributed by atoms with Gasteiger partial charge in [-0.1, -0.05) is 38.1 Å². The summed E-state index contributed by atoms with van der Waals surface area (Å²) in [6.07, 6.45) is 0. The van der Waals surface area contributed by atoms with E-state index in [2.05, 4.69) is 26.0 Å². The molecule has 8 aromatic carbocycles. The molecule has 8 rings (SSSR count). The van der Waals surface area contributed by atoms with Crippen molar-refractivity contribution in [3.8, 4) is 46.0 Å². The zero-order valence-electron chi connectivity index (χ0n) is 34.2. The van der Waals surface area contributed by atoms with Crippen LogP contribution in [0.25, 0.3) is 0 Å². The summed E-state index contributed by atoms with van der Waals surface area (Å²) in [5.74, 6) is 4.33. The number of rotatable bonds is 14. The summed E-state index contributed by atoms with van der Waals surface area (Å²) in [5, 5.41) is 0. The Morgan fingerprint density at radius 1 is 0.302 bits per heavy atom. The highest BCUT2D eigenvalue weighted by Crippen LogP contribution is 2.36. The van der Waals surface area contributed by atoms with Crippen molar-refractivity contribution in [3.05, 3.63) is 205 Å². The molecule has 0 unspecified atom stereocenters. The Balaban J connectivity index is 0.853. The van der Waals surface area contributed by atoms with Crippen molar-refractivity contribution in [2.45, 2.75) is 38.8 Å². The number of nitrogens with two attached hydrogens (primary N) is 2. The van der Waals surface area contributed by atoms with Crippen LogP contribution in [0.5, 0.6) is 46.0 Å². The second-order valence-corrected chi connectivity index (χ2v) is 19.0. The van der Waals surface area contributed by atoms with Gasteiger partial charge >= 0.3 is 0 Å². The molecule has 0 saturated carbocycles. The Labute approximate surface area is 366 Å². The monoisotopic (exact) mass is 874 g/mol. The van der Waals surface area contributed by atoms with Gasteiger partial charge in [0.15, 0.2) is 0 Å². The van der Waals surface area contributed by atoms with Crippen molar-refractivity contribution in [3.63, 3.8) is 0 Å². The molecule has 0 saturated heterocycles. The van der Waals surface area contributed by atoms with Crippen LogP contribution in [0, 0.1) is 0 Å². The number of hydrogen-bond acceptors (Lipinski definition) is 10. The van der Waals surface area contributed by atoms with Crippen molar-refractivity contribution in [2.24, 2.45) is 0 Å². The first-order valence-electron chi connectivity index (χ1n) is 19.8. The van der Waals surface area contributed by atoms with E-state index in [4.69, 9.17) is 30.4 Å². The third-order valence-electron chi connectivity index (χ3n) is 10.4. The van der Waals surface area contributed by atoms with Gasteiger partial charge in [-0.25, -0.2) is 16.8 Å². The molecule has 0 aliphatic rings. The lowest BCUT2D eigenvalue weighted by Gasteiger charge is -2.26. The molecule has 0 fully saturated rings. The van der Waals surface area contributed by atoms with Crippen molar-refractivity contribution in [2.75, 3.05) is 11.5 Å². The summed E-state index contributed by atoms with van der Waals surface area (Å²) in [4.78, 5) is 0.369. The lowest BCUT2D eigenvalue weighted by atomic mass is 9.78. The maximum Gasteiger partial charge on any atom is 0.206 e. The van der Waals surface area contributed by atoms with E-state index in [-0.39, 0.29) is 25.0 Å². The Morgan fingerprint density at radius 2 is 0.476 bits per heavy atom. The van der Waals surface area contributed by atoms with E-state index in [0.717, 1.165) is 16.9 Å². The molecule has 63 heavy (non-hydrogen) atoms.